The summed E-state index contributed by atoms with van der Waals surface area (Å²) in [4.78, 5) is 25.5. The van der Waals surface area contributed by atoms with Crippen LogP contribution in [-0.4, -0.2) is 28.2 Å². The van der Waals surface area contributed by atoms with Crippen molar-refractivity contribution in [3.8, 4) is 5.75 Å². The topological polar surface area (TPSA) is 80.6 Å². The SMILES string of the molecule is CCOC(=O)C(C(=O)Nc1ccc(C)c2c1cc(C)n2Cc1ccc(O)c(C(C)C)c1)C(C)C. The van der Waals surface area contributed by atoms with Crippen molar-refractivity contribution in [3.05, 3.63) is 58.8 Å². The van der Waals surface area contributed by atoms with Gasteiger partial charge in [0.15, 0.2) is 0 Å². The normalized spacial score (nSPS) is 12.4. The van der Waals surface area contributed by atoms with Crippen LogP contribution in [0.15, 0.2) is 36.4 Å². The molecule has 6 heteroatoms. The lowest BCUT2D eigenvalue weighted by Gasteiger charge is -2.19. The van der Waals surface area contributed by atoms with Crippen molar-refractivity contribution in [1.29, 1.82) is 0 Å². The molecule has 2 aromatic carbocycles. The largest absolute Gasteiger partial charge is 0.508 e. The van der Waals surface area contributed by atoms with E-state index in [1.807, 2.05) is 39.0 Å². The third-order valence-electron chi connectivity index (χ3n) is 6.27. The Bertz CT molecular complexity index is 1210. The number of nitrogens with zero attached hydrogens (tertiary/aromatic N) is 1. The molecule has 1 unspecified atom stereocenters. The van der Waals surface area contributed by atoms with Crippen LogP contribution in [0.2, 0.25) is 0 Å². The molecule has 6 nitrogen and oxygen atoms in total. The molecule has 0 aliphatic rings. The van der Waals surface area contributed by atoms with Crippen LogP contribution in [0.3, 0.4) is 0 Å². The number of esters is 1. The predicted octanol–water partition coefficient (Wildman–Crippen LogP) is 5.91. The van der Waals surface area contributed by atoms with E-state index < -0.39 is 11.9 Å². The van der Waals surface area contributed by atoms with Crippen LogP contribution in [0.25, 0.3) is 10.9 Å². The lowest BCUT2D eigenvalue weighted by molar-refractivity contribution is -0.152. The fourth-order valence-electron chi connectivity index (χ4n) is 4.47. The number of nitrogens with one attached hydrogen (secondary N) is 1. The van der Waals surface area contributed by atoms with Crippen LogP contribution in [0.1, 0.15) is 62.9 Å². The van der Waals surface area contributed by atoms with Crippen LogP contribution in [0, 0.1) is 25.7 Å². The molecule has 0 aliphatic heterocycles. The Morgan fingerprint density at radius 3 is 2.38 bits per heavy atom. The van der Waals surface area contributed by atoms with Gasteiger partial charge in [0, 0.05) is 17.6 Å². The van der Waals surface area contributed by atoms with Crippen LogP contribution in [-0.2, 0) is 20.9 Å². The summed E-state index contributed by atoms with van der Waals surface area (Å²) in [5, 5.41) is 14.1. The lowest BCUT2D eigenvalue weighted by Crippen LogP contribution is -2.35. The van der Waals surface area contributed by atoms with Gasteiger partial charge in [-0.15, -0.1) is 0 Å². The number of hydrogen-bond donors (Lipinski definition) is 2. The summed E-state index contributed by atoms with van der Waals surface area (Å²) in [6.45, 7) is 14.5. The van der Waals surface area contributed by atoms with Crippen LogP contribution >= 0.6 is 0 Å². The Kier molecular flexibility index (Phi) is 7.70. The second-order valence-electron chi connectivity index (χ2n) is 9.58. The van der Waals surface area contributed by atoms with Crippen molar-refractivity contribution in [2.75, 3.05) is 11.9 Å². The number of aromatic nitrogens is 1. The fraction of sp³-hybridized carbons (Fsp3) is 0.429. The van der Waals surface area contributed by atoms with E-state index in [9.17, 15) is 14.7 Å². The maximum Gasteiger partial charge on any atom is 0.318 e. The Hall–Kier alpha value is -3.28. The smallest absolute Gasteiger partial charge is 0.318 e. The Balaban J connectivity index is 2.00. The molecule has 0 radical (unpaired) electrons. The van der Waals surface area contributed by atoms with Gasteiger partial charge in [-0.3, -0.25) is 9.59 Å². The highest BCUT2D eigenvalue weighted by atomic mass is 16.5. The highest BCUT2D eigenvalue weighted by Gasteiger charge is 2.31. The molecule has 1 atom stereocenters. The number of aryl methyl sites for hydroxylation is 2. The molecule has 34 heavy (non-hydrogen) atoms. The molecule has 2 N–H and O–H groups in total. The van der Waals surface area contributed by atoms with Crippen molar-refractivity contribution in [1.82, 2.24) is 4.57 Å². The van der Waals surface area contributed by atoms with Gasteiger partial charge in [-0.1, -0.05) is 45.9 Å². The first-order chi connectivity index (χ1) is 16.0. The van der Waals surface area contributed by atoms with E-state index in [-0.39, 0.29) is 24.3 Å². The summed E-state index contributed by atoms with van der Waals surface area (Å²) in [6.07, 6.45) is 0. The Morgan fingerprint density at radius 1 is 1.06 bits per heavy atom. The number of fused-ring (bicyclic) bond motifs is 1. The molecular weight excluding hydrogens is 428 g/mol. The van der Waals surface area contributed by atoms with Gasteiger partial charge < -0.3 is 19.7 Å². The molecule has 1 heterocycles. The molecule has 1 aromatic heterocycles. The Morgan fingerprint density at radius 2 is 1.76 bits per heavy atom. The minimum Gasteiger partial charge on any atom is -0.508 e. The molecule has 0 bridgehead atoms. The van der Waals surface area contributed by atoms with Crippen LogP contribution < -0.4 is 5.32 Å². The number of carbonyl (C=O) groups excluding carboxylic acids is 2. The summed E-state index contributed by atoms with van der Waals surface area (Å²) in [5.41, 5.74) is 5.88. The molecule has 0 fully saturated rings. The second kappa shape index (κ2) is 10.3. The molecule has 1 amide bonds. The minimum atomic E-state index is -0.870. The van der Waals surface area contributed by atoms with Crippen LogP contribution in [0.5, 0.6) is 5.75 Å². The third-order valence-corrected chi connectivity index (χ3v) is 6.27. The van der Waals surface area contributed by atoms with Gasteiger partial charge in [-0.25, -0.2) is 0 Å². The average molecular weight is 465 g/mol. The average Bonchev–Trinajstić information content (AvgIpc) is 3.08. The summed E-state index contributed by atoms with van der Waals surface area (Å²) < 4.78 is 7.36. The van der Waals surface area contributed by atoms with Gasteiger partial charge in [0.2, 0.25) is 5.91 Å². The number of amides is 1. The van der Waals surface area contributed by atoms with E-state index in [0.717, 1.165) is 33.3 Å². The first-order valence-electron chi connectivity index (χ1n) is 11.9. The van der Waals surface area contributed by atoms with Crippen molar-refractivity contribution in [3.63, 3.8) is 0 Å². The molecule has 0 aliphatic carbocycles. The maximum absolute atomic E-state index is 13.1. The molecule has 0 spiro atoms. The first kappa shape index (κ1) is 25.3. The zero-order chi connectivity index (χ0) is 25.2. The standard InChI is InChI=1S/C28H36N2O4/c1-8-34-28(33)25(17(4)5)27(32)29-23-11-9-18(6)26-22(23)13-19(7)30(26)15-20-10-12-24(31)21(14-20)16(2)3/h9-14,16-17,25,31H,8,15H2,1-7H3,(H,29,32). The third kappa shape index (κ3) is 5.11. The van der Waals surface area contributed by atoms with E-state index in [4.69, 9.17) is 4.74 Å². The van der Waals surface area contributed by atoms with Crippen molar-refractivity contribution < 1.29 is 19.4 Å². The lowest BCUT2D eigenvalue weighted by atomic mass is 9.94. The summed E-state index contributed by atoms with van der Waals surface area (Å²) in [6, 6.07) is 11.7. The van der Waals surface area contributed by atoms with Gasteiger partial charge in [-0.05, 0) is 67.5 Å². The van der Waals surface area contributed by atoms with Gasteiger partial charge in [0.1, 0.15) is 11.7 Å². The number of rotatable bonds is 8. The monoisotopic (exact) mass is 464 g/mol. The number of aromatic hydroxyl groups is 1. The minimum absolute atomic E-state index is 0.184. The number of hydrogen-bond acceptors (Lipinski definition) is 4. The van der Waals surface area contributed by atoms with Crippen molar-refractivity contribution >= 4 is 28.5 Å². The van der Waals surface area contributed by atoms with E-state index in [1.54, 1.807) is 13.0 Å². The van der Waals surface area contributed by atoms with Gasteiger partial charge >= 0.3 is 5.97 Å². The number of phenolic OH excluding ortho intramolecular Hbond substituents is 1. The first-order valence-corrected chi connectivity index (χ1v) is 11.9. The number of ether oxygens (including phenoxy) is 1. The molecular formula is C28H36N2O4. The maximum atomic E-state index is 13.1. The fourth-order valence-corrected chi connectivity index (χ4v) is 4.47. The zero-order valence-electron chi connectivity index (χ0n) is 21.2. The number of carbonyl (C=O) groups is 2. The highest BCUT2D eigenvalue weighted by Crippen LogP contribution is 2.32. The predicted molar refractivity (Wildman–Crippen MR) is 136 cm³/mol. The number of anilines is 1. The van der Waals surface area contributed by atoms with Gasteiger partial charge in [0.05, 0.1) is 17.8 Å². The Labute approximate surface area is 201 Å². The van der Waals surface area contributed by atoms with E-state index in [0.29, 0.717) is 18.0 Å². The quantitative estimate of drug-likeness (QED) is 0.321. The van der Waals surface area contributed by atoms with Crippen molar-refractivity contribution in [2.45, 2.75) is 60.9 Å². The number of benzene rings is 2. The van der Waals surface area contributed by atoms with Gasteiger partial charge in [0.25, 0.3) is 0 Å². The van der Waals surface area contributed by atoms with E-state index in [2.05, 4.69) is 42.8 Å². The molecule has 3 rings (SSSR count). The number of phenols is 1. The van der Waals surface area contributed by atoms with E-state index >= 15 is 0 Å². The second-order valence-corrected chi connectivity index (χ2v) is 9.58. The van der Waals surface area contributed by atoms with Crippen molar-refractivity contribution in [2.24, 2.45) is 11.8 Å². The summed E-state index contributed by atoms with van der Waals surface area (Å²) in [7, 11) is 0. The van der Waals surface area contributed by atoms with Crippen LogP contribution in [0.4, 0.5) is 5.69 Å². The molecule has 0 saturated carbocycles. The molecule has 182 valence electrons. The zero-order valence-corrected chi connectivity index (χ0v) is 21.2. The summed E-state index contributed by atoms with van der Waals surface area (Å²) >= 11 is 0. The van der Waals surface area contributed by atoms with Gasteiger partial charge in [-0.2, -0.15) is 0 Å². The van der Waals surface area contributed by atoms with E-state index in [1.165, 1.54) is 0 Å². The highest BCUT2D eigenvalue weighted by molar-refractivity contribution is 6.09. The molecule has 0 saturated heterocycles. The summed E-state index contributed by atoms with van der Waals surface area (Å²) in [5.74, 6) is -1.37. The molecule has 3 aromatic rings.